The Balaban J connectivity index is 1.58. The van der Waals surface area contributed by atoms with Gasteiger partial charge in [-0.2, -0.15) is 0 Å². The number of halogens is 1. The van der Waals surface area contributed by atoms with Crippen molar-refractivity contribution in [2.24, 2.45) is 5.73 Å². The Morgan fingerprint density at radius 3 is 2.66 bits per heavy atom. The number of benzene rings is 2. The number of nitrogens with one attached hydrogen (secondary N) is 2. The van der Waals surface area contributed by atoms with Crippen LogP contribution < -0.4 is 20.8 Å². The van der Waals surface area contributed by atoms with E-state index in [1.54, 1.807) is 25.3 Å². The Kier molecular flexibility index (Phi) is 6.19. The number of carbonyl (C=O) groups excluding carboxylic acids is 2. The number of pyridine rings is 1. The fourth-order valence-corrected chi connectivity index (χ4v) is 2.76. The Labute approximate surface area is 167 Å². The van der Waals surface area contributed by atoms with E-state index < -0.39 is 5.91 Å². The number of aromatic nitrogens is 1. The van der Waals surface area contributed by atoms with E-state index in [0.717, 1.165) is 5.56 Å². The van der Waals surface area contributed by atoms with Gasteiger partial charge in [0.25, 0.3) is 11.6 Å². The molecule has 6 nitrogen and oxygen atoms in total. The van der Waals surface area contributed by atoms with E-state index >= 15 is 0 Å². The van der Waals surface area contributed by atoms with Crippen molar-refractivity contribution < 1.29 is 23.7 Å². The van der Waals surface area contributed by atoms with E-state index in [4.69, 9.17) is 10.5 Å². The molecule has 29 heavy (non-hydrogen) atoms. The smallest absolute Gasteiger partial charge is 0.313 e. The first-order chi connectivity index (χ1) is 13.9. The second-order valence-electron chi connectivity index (χ2n) is 6.52. The van der Waals surface area contributed by atoms with E-state index in [0.29, 0.717) is 35.6 Å². The average Bonchev–Trinajstić information content (AvgIpc) is 2.70. The van der Waals surface area contributed by atoms with E-state index in [1.807, 2.05) is 18.2 Å². The van der Waals surface area contributed by atoms with Crippen LogP contribution in [-0.2, 0) is 6.42 Å². The molecular formula is C22H21FN3O3+. The lowest BCUT2D eigenvalue weighted by Gasteiger charge is -2.09. The van der Waals surface area contributed by atoms with Crippen molar-refractivity contribution >= 4 is 11.8 Å². The van der Waals surface area contributed by atoms with Gasteiger partial charge >= 0.3 is 5.91 Å². The third-order valence-corrected chi connectivity index (χ3v) is 4.29. The van der Waals surface area contributed by atoms with E-state index in [1.165, 1.54) is 24.3 Å². The standard InChI is InChI=1S/C22H20FN3O3/c1-14-11-16(5-6-19(14)23)22(28)26-9-7-15-3-2-4-17(12-15)29-18-8-10-25-20(13-18)21(24)27/h2-6,8,10-13H,7,9H2,1H3,(H2,24,27)(H,26,28)/p+1. The van der Waals surface area contributed by atoms with Crippen LogP contribution in [0.3, 0.4) is 0 Å². The lowest BCUT2D eigenvalue weighted by molar-refractivity contribution is -0.382. The number of nitrogens with two attached hydrogens (primary N) is 1. The van der Waals surface area contributed by atoms with E-state index in [2.05, 4.69) is 10.3 Å². The van der Waals surface area contributed by atoms with Gasteiger partial charge in [0.15, 0.2) is 6.20 Å². The fraction of sp³-hybridized carbons (Fsp3) is 0.136. The van der Waals surface area contributed by atoms with E-state index in [-0.39, 0.29) is 17.4 Å². The summed E-state index contributed by atoms with van der Waals surface area (Å²) < 4.78 is 19.1. The summed E-state index contributed by atoms with van der Waals surface area (Å²) in [6.07, 6.45) is 2.17. The average molecular weight is 394 g/mol. The summed E-state index contributed by atoms with van der Waals surface area (Å²) in [4.78, 5) is 26.2. The molecule has 0 aliphatic rings. The van der Waals surface area contributed by atoms with Crippen molar-refractivity contribution in [1.29, 1.82) is 0 Å². The summed E-state index contributed by atoms with van der Waals surface area (Å²) in [6, 6.07) is 14.9. The largest absolute Gasteiger partial charge is 0.457 e. The van der Waals surface area contributed by atoms with Gasteiger partial charge < -0.3 is 15.8 Å². The molecule has 3 aromatic rings. The number of primary amides is 1. The highest BCUT2D eigenvalue weighted by Crippen LogP contribution is 2.22. The van der Waals surface area contributed by atoms with Gasteiger partial charge in [-0.25, -0.2) is 9.37 Å². The van der Waals surface area contributed by atoms with Crippen molar-refractivity contribution in [3.05, 3.63) is 89.0 Å². The van der Waals surface area contributed by atoms with Gasteiger partial charge in [0.1, 0.15) is 17.3 Å². The van der Waals surface area contributed by atoms with Crippen molar-refractivity contribution in [1.82, 2.24) is 5.32 Å². The summed E-state index contributed by atoms with van der Waals surface area (Å²) in [5, 5.41) is 2.83. The zero-order valence-corrected chi connectivity index (χ0v) is 15.9. The van der Waals surface area contributed by atoms with Crippen LogP contribution in [0.15, 0.2) is 60.8 Å². The molecule has 0 aliphatic heterocycles. The molecule has 0 saturated heterocycles. The molecule has 148 valence electrons. The second-order valence-corrected chi connectivity index (χ2v) is 6.52. The first-order valence-electron chi connectivity index (χ1n) is 9.05. The molecule has 0 bridgehead atoms. The lowest BCUT2D eigenvalue weighted by atomic mass is 10.1. The number of aromatic amines is 1. The molecule has 4 N–H and O–H groups in total. The highest BCUT2D eigenvalue weighted by atomic mass is 19.1. The van der Waals surface area contributed by atoms with Gasteiger partial charge in [0, 0.05) is 18.2 Å². The molecule has 0 radical (unpaired) electrons. The summed E-state index contributed by atoms with van der Waals surface area (Å²) in [5.41, 5.74) is 7.33. The molecule has 2 amide bonds. The first-order valence-corrected chi connectivity index (χ1v) is 9.05. The van der Waals surface area contributed by atoms with Crippen LogP contribution >= 0.6 is 0 Å². The Hall–Kier alpha value is -3.74. The minimum absolute atomic E-state index is 0.248. The number of ether oxygens (including phenoxy) is 1. The first kappa shape index (κ1) is 20.0. The van der Waals surface area contributed by atoms with Gasteiger partial charge in [0.2, 0.25) is 0 Å². The van der Waals surface area contributed by atoms with Crippen LogP contribution in [-0.4, -0.2) is 18.4 Å². The highest BCUT2D eigenvalue weighted by molar-refractivity contribution is 5.94. The van der Waals surface area contributed by atoms with Gasteiger partial charge in [-0.1, -0.05) is 12.1 Å². The maximum absolute atomic E-state index is 13.3. The Morgan fingerprint density at radius 1 is 1.10 bits per heavy atom. The van der Waals surface area contributed by atoms with Crippen molar-refractivity contribution in [3.63, 3.8) is 0 Å². The van der Waals surface area contributed by atoms with Crippen LogP contribution in [0.4, 0.5) is 4.39 Å². The normalized spacial score (nSPS) is 10.4. The number of hydrogen-bond donors (Lipinski definition) is 2. The Bertz CT molecular complexity index is 1050. The van der Waals surface area contributed by atoms with E-state index in [9.17, 15) is 14.0 Å². The number of aryl methyl sites for hydroxylation is 1. The minimum Gasteiger partial charge on any atom is -0.457 e. The second kappa shape index (κ2) is 8.97. The third-order valence-electron chi connectivity index (χ3n) is 4.29. The quantitative estimate of drug-likeness (QED) is 0.645. The van der Waals surface area contributed by atoms with Crippen LogP contribution in [0.25, 0.3) is 0 Å². The van der Waals surface area contributed by atoms with Crippen molar-refractivity contribution in [2.75, 3.05) is 6.54 Å². The highest BCUT2D eigenvalue weighted by Gasteiger charge is 2.11. The number of rotatable bonds is 7. The third kappa shape index (κ3) is 5.38. The monoisotopic (exact) mass is 394 g/mol. The predicted molar refractivity (Wildman–Crippen MR) is 105 cm³/mol. The van der Waals surface area contributed by atoms with Crippen molar-refractivity contribution in [2.45, 2.75) is 13.3 Å². The van der Waals surface area contributed by atoms with Crippen LogP contribution in [0.5, 0.6) is 11.5 Å². The van der Waals surface area contributed by atoms with Gasteiger partial charge in [-0.15, -0.1) is 0 Å². The number of amides is 2. The summed E-state index contributed by atoms with van der Waals surface area (Å²) in [5.74, 6) is -0.0757. The number of hydrogen-bond acceptors (Lipinski definition) is 3. The SMILES string of the molecule is Cc1cc(C(=O)NCCc2cccc(Oc3cc[nH+]c(C(N)=O)c3)c2)ccc1F. The summed E-state index contributed by atoms with van der Waals surface area (Å²) in [6.45, 7) is 2.04. The summed E-state index contributed by atoms with van der Waals surface area (Å²) >= 11 is 0. The number of H-pyrrole nitrogens is 1. The molecule has 1 heterocycles. The molecule has 0 spiro atoms. The molecule has 1 aromatic heterocycles. The zero-order valence-electron chi connectivity index (χ0n) is 15.9. The topological polar surface area (TPSA) is 95.6 Å². The molecule has 0 aliphatic carbocycles. The molecule has 7 heteroatoms. The van der Waals surface area contributed by atoms with Crippen LogP contribution in [0, 0.1) is 12.7 Å². The van der Waals surface area contributed by atoms with Gasteiger partial charge in [0.05, 0.1) is 6.07 Å². The summed E-state index contributed by atoms with van der Waals surface area (Å²) in [7, 11) is 0. The van der Waals surface area contributed by atoms with Gasteiger partial charge in [-0.05, 0) is 54.8 Å². The van der Waals surface area contributed by atoms with Crippen molar-refractivity contribution in [3.8, 4) is 11.5 Å². The minimum atomic E-state index is -0.573. The molecule has 3 rings (SSSR count). The maximum atomic E-state index is 13.3. The molecule has 0 fully saturated rings. The van der Waals surface area contributed by atoms with Gasteiger partial charge in [-0.3, -0.25) is 9.59 Å². The van der Waals surface area contributed by atoms with Crippen LogP contribution in [0.2, 0.25) is 0 Å². The molecule has 0 unspecified atom stereocenters. The predicted octanol–water partition coefficient (Wildman–Crippen LogP) is 2.81. The molecule has 0 saturated carbocycles. The Morgan fingerprint density at radius 2 is 1.90 bits per heavy atom. The molecule has 2 aromatic carbocycles. The molecule has 0 atom stereocenters. The zero-order chi connectivity index (χ0) is 20.8. The van der Waals surface area contributed by atoms with Crippen LogP contribution in [0.1, 0.15) is 32.0 Å². The molecular weight excluding hydrogens is 373 g/mol. The fourth-order valence-electron chi connectivity index (χ4n) is 2.76. The number of carbonyl (C=O) groups is 2. The maximum Gasteiger partial charge on any atom is 0.313 e. The lowest BCUT2D eigenvalue weighted by Crippen LogP contribution is -2.25.